The number of aryl methyl sites for hydroxylation is 1. The van der Waals surface area contributed by atoms with Crippen molar-refractivity contribution in [1.82, 2.24) is 45.5 Å². The van der Waals surface area contributed by atoms with Crippen molar-refractivity contribution in [3.05, 3.63) is 94.1 Å². The lowest BCUT2D eigenvalue weighted by molar-refractivity contribution is -0.117. The van der Waals surface area contributed by atoms with Gasteiger partial charge in [0.05, 0.1) is 36.8 Å². The summed E-state index contributed by atoms with van der Waals surface area (Å²) in [4.78, 5) is 25.0. The molecular formula is C30H26Cl2N10O4. The number of aromatic nitrogens is 8. The van der Waals surface area contributed by atoms with Gasteiger partial charge in [0.15, 0.2) is 5.15 Å². The Hall–Kier alpha value is -5.34. The third-order valence-electron chi connectivity index (χ3n) is 7.04. The summed E-state index contributed by atoms with van der Waals surface area (Å²) in [5, 5.41) is 30.8. The molecule has 0 bridgehead atoms. The number of benzene rings is 2. The second-order valence-electron chi connectivity index (χ2n) is 10.1. The van der Waals surface area contributed by atoms with Gasteiger partial charge in [-0.25, -0.2) is 9.48 Å². The summed E-state index contributed by atoms with van der Waals surface area (Å²) in [5.74, 6) is 0.273. The summed E-state index contributed by atoms with van der Waals surface area (Å²) in [7, 11) is 1.29. The van der Waals surface area contributed by atoms with Crippen molar-refractivity contribution >= 4 is 47.0 Å². The van der Waals surface area contributed by atoms with E-state index in [0.717, 1.165) is 18.5 Å². The minimum absolute atomic E-state index is 0.171. The Morgan fingerprint density at radius 3 is 2.72 bits per heavy atom. The number of carbonyl (C=O) groups is 2. The van der Waals surface area contributed by atoms with Crippen molar-refractivity contribution in [2.45, 2.75) is 25.4 Å². The van der Waals surface area contributed by atoms with Gasteiger partial charge in [0.2, 0.25) is 11.8 Å². The van der Waals surface area contributed by atoms with Crippen LogP contribution in [-0.2, 0) is 22.5 Å². The molecule has 0 saturated heterocycles. The first-order valence-electron chi connectivity index (χ1n) is 14.1. The van der Waals surface area contributed by atoms with Gasteiger partial charge in [-0.1, -0.05) is 35.3 Å². The molecule has 0 unspecified atom stereocenters. The Morgan fingerprint density at radius 1 is 1.11 bits per heavy atom. The number of ether oxygens (including phenoxy) is 2. The number of anilines is 1. The number of carbonyl (C=O) groups excluding carboxylic acids is 2. The molecule has 0 aliphatic carbocycles. The molecule has 4 heterocycles. The normalized spacial score (nSPS) is 13.1. The maximum Gasteiger partial charge on any atom is 0.411 e. The Labute approximate surface area is 272 Å². The van der Waals surface area contributed by atoms with Crippen molar-refractivity contribution in [3.63, 3.8) is 0 Å². The summed E-state index contributed by atoms with van der Waals surface area (Å²) in [6, 6.07) is 15.1. The van der Waals surface area contributed by atoms with Gasteiger partial charge in [0.1, 0.15) is 6.33 Å². The van der Waals surface area contributed by atoms with Gasteiger partial charge in [-0.2, -0.15) is 14.9 Å². The average Bonchev–Trinajstić information content (AvgIpc) is 3.74. The Balaban J connectivity index is 1.29. The molecule has 1 aliphatic rings. The van der Waals surface area contributed by atoms with Crippen molar-refractivity contribution < 1.29 is 19.1 Å². The van der Waals surface area contributed by atoms with Crippen LogP contribution < -0.4 is 15.4 Å². The summed E-state index contributed by atoms with van der Waals surface area (Å²) in [5.41, 5.74) is 4.29. The number of rotatable bonds is 9. The summed E-state index contributed by atoms with van der Waals surface area (Å²) in [6.07, 6.45) is 5.04. The first-order valence-corrected chi connectivity index (χ1v) is 14.8. The number of tetrazole rings is 1. The van der Waals surface area contributed by atoms with E-state index in [-0.39, 0.29) is 5.15 Å². The van der Waals surface area contributed by atoms with Crippen LogP contribution in [-0.4, -0.2) is 65.9 Å². The fourth-order valence-electron chi connectivity index (χ4n) is 4.85. The Kier molecular flexibility index (Phi) is 9.17. The minimum atomic E-state index is -0.642. The van der Waals surface area contributed by atoms with E-state index in [1.54, 1.807) is 59.3 Å². The molecule has 16 heteroatoms. The standard InChI is InChI=1S/C30H26Cl2N10O4/c1-45-30(44)34-21-7-3-18(4-8-21)23-16-25(36-37-29(23)32)24(14-22-15-28-41(38-22)11-2-12-46-28)35-27(43)10-5-19-13-20(31)6-9-26(19)42-17-33-39-40-42/h3-10,13,15-17,24H,2,11-12,14H2,1H3,(H,34,44)(H,35,43)/t24-/m0/s1. The molecular weight excluding hydrogens is 635 g/mol. The monoisotopic (exact) mass is 660 g/mol. The summed E-state index contributed by atoms with van der Waals surface area (Å²) < 4.78 is 13.7. The molecule has 234 valence electrons. The first kappa shape index (κ1) is 30.7. The van der Waals surface area contributed by atoms with Crippen LogP contribution in [0.5, 0.6) is 5.88 Å². The van der Waals surface area contributed by atoms with E-state index >= 15 is 0 Å². The topological polar surface area (TPSA) is 164 Å². The van der Waals surface area contributed by atoms with E-state index in [4.69, 9.17) is 27.9 Å². The molecule has 2 N–H and O–H groups in total. The first-order chi connectivity index (χ1) is 22.4. The second kappa shape index (κ2) is 13.7. The van der Waals surface area contributed by atoms with Crippen LogP contribution in [0, 0.1) is 0 Å². The van der Waals surface area contributed by atoms with Crippen LogP contribution in [0.15, 0.2) is 67.0 Å². The molecule has 0 radical (unpaired) electrons. The largest absolute Gasteiger partial charge is 0.478 e. The molecule has 5 aromatic rings. The van der Waals surface area contributed by atoms with Crippen molar-refractivity contribution in [3.8, 4) is 22.7 Å². The van der Waals surface area contributed by atoms with Gasteiger partial charge < -0.3 is 14.8 Å². The second-order valence-corrected chi connectivity index (χ2v) is 10.9. The molecule has 1 aliphatic heterocycles. The number of nitrogens with zero attached hydrogens (tertiary/aromatic N) is 8. The van der Waals surface area contributed by atoms with Crippen LogP contribution in [0.4, 0.5) is 10.5 Å². The van der Waals surface area contributed by atoms with E-state index in [2.05, 4.69) is 46.2 Å². The number of amides is 2. The molecule has 2 aromatic carbocycles. The molecule has 14 nitrogen and oxygen atoms in total. The molecule has 2 amide bonds. The molecule has 0 saturated carbocycles. The SMILES string of the molecule is COC(=O)Nc1ccc(-c2cc([C@H](Cc3cc4n(n3)CCCO4)NC(=O)C=Cc3cc(Cl)ccc3-n3cnnn3)nnc2Cl)cc1. The van der Waals surface area contributed by atoms with Gasteiger partial charge in [0, 0.05) is 53.4 Å². The third-order valence-corrected chi connectivity index (χ3v) is 7.55. The van der Waals surface area contributed by atoms with Gasteiger partial charge in [0.25, 0.3) is 0 Å². The van der Waals surface area contributed by atoms with Crippen LogP contribution in [0.3, 0.4) is 0 Å². The lowest BCUT2D eigenvalue weighted by atomic mass is 10.0. The van der Waals surface area contributed by atoms with Gasteiger partial charge >= 0.3 is 6.09 Å². The summed E-state index contributed by atoms with van der Waals surface area (Å²) in [6.45, 7) is 1.36. The smallest absolute Gasteiger partial charge is 0.411 e. The van der Waals surface area contributed by atoms with Crippen molar-refractivity contribution in [2.75, 3.05) is 19.0 Å². The van der Waals surface area contributed by atoms with Crippen LogP contribution in [0.2, 0.25) is 10.2 Å². The maximum atomic E-state index is 13.4. The lowest BCUT2D eigenvalue weighted by Crippen LogP contribution is -2.29. The van der Waals surface area contributed by atoms with Gasteiger partial charge in [-0.05, 0) is 58.5 Å². The molecule has 3 aromatic heterocycles. The Morgan fingerprint density at radius 2 is 1.96 bits per heavy atom. The van der Waals surface area contributed by atoms with Gasteiger partial charge in [-0.15, -0.1) is 10.2 Å². The van der Waals surface area contributed by atoms with Gasteiger partial charge in [-0.3, -0.25) is 10.1 Å². The number of halogens is 2. The molecule has 0 spiro atoms. The molecule has 0 fully saturated rings. The highest BCUT2D eigenvalue weighted by atomic mass is 35.5. The number of fused-ring (bicyclic) bond motifs is 1. The third kappa shape index (κ3) is 7.14. The lowest BCUT2D eigenvalue weighted by Gasteiger charge is -2.17. The highest BCUT2D eigenvalue weighted by Crippen LogP contribution is 2.30. The average molecular weight is 662 g/mol. The molecule has 46 heavy (non-hydrogen) atoms. The van der Waals surface area contributed by atoms with Crippen molar-refractivity contribution in [2.24, 2.45) is 0 Å². The summed E-state index contributed by atoms with van der Waals surface area (Å²) >= 11 is 12.7. The van der Waals surface area contributed by atoms with E-state index in [0.29, 0.717) is 57.8 Å². The predicted octanol–water partition coefficient (Wildman–Crippen LogP) is 4.70. The van der Waals surface area contributed by atoms with E-state index in [1.165, 1.54) is 24.2 Å². The zero-order valence-electron chi connectivity index (χ0n) is 24.3. The number of hydrogen-bond donors (Lipinski definition) is 2. The van der Waals surface area contributed by atoms with E-state index < -0.39 is 18.0 Å². The van der Waals surface area contributed by atoms with Crippen LogP contribution in [0.1, 0.15) is 29.4 Å². The molecule has 6 rings (SSSR count). The van der Waals surface area contributed by atoms with Crippen LogP contribution in [0.25, 0.3) is 22.9 Å². The number of hydrogen-bond acceptors (Lipinski definition) is 10. The number of nitrogens with one attached hydrogen (secondary N) is 2. The predicted molar refractivity (Wildman–Crippen MR) is 169 cm³/mol. The molecule has 1 atom stereocenters. The highest BCUT2D eigenvalue weighted by molar-refractivity contribution is 6.32. The zero-order valence-corrected chi connectivity index (χ0v) is 25.8. The van der Waals surface area contributed by atoms with E-state index in [9.17, 15) is 9.59 Å². The fraction of sp³-hybridized carbons (Fsp3) is 0.200. The fourth-order valence-corrected chi connectivity index (χ4v) is 5.23. The van der Waals surface area contributed by atoms with Crippen LogP contribution >= 0.6 is 23.2 Å². The number of methoxy groups -OCH3 is 1. The Bertz CT molecular complexity index is 1870. The zero-order chi connectivity index (χ0) is 32.0. The van der Waals surface area contributed by atoms with E-state index in [1.807, 2.05) is 6.07 Å². The highest BCUT2D eigenvalue weighted by Gasteiger charge is 2.22. The maximum absolute atomic E-state index is 13.4. The quantitative estimate of drug-likeness (QED) is 0.212. The van der Waals surface area contributed by atoms with Crippen molar-refractivity contribution in [1.29, 1.82) is 0 Å². The minimum Gasteiger partial charge on any atom is -0.478 e.